The Morgan fingerprint density at radius 2 is 2.13 bits per heavy atom. The minimum Gasteiger partial charge on any atom is -0.448 e. The topological polar surface area (TPSA) is 116 Å². The highest BCUT2D eigenvalue weighted by molar-refractivity contribution is 7.99. The Kier molecular flexibility index (Phi) is 5.94. The number of hydrogen-bond acceptors (Lipinski definition) is 9. The van der Waals surface area contributed by atoms with Gasteiger partial charge in [-0.15, -0.1) is 10.2 Å². The van der Waals surface area contributed by atoms with Crippen molar-refractivity contribution in [3.8, 4) is 17.1 Å². The van der Waals surface area contributed by atoms with Crippen LogP contribution in [0, 0.1) is 10.1 Å². The van der Waals surface area contributed by atoms with Crippen molar-refractivity contribution in [2.75, 3.05) is 11.1 Å². The molecular formula is C20H19N5O4S. The zero-order valence-corrected chi connectivity index (χ0v) is 17.0. The number of nitro groups is 1. The lowest BCUT2D eigenvalue weighted by molar-refractivity contribution is -0.402. The number of thioether (sulfide) groups is 1. The highest BCUT2D eigenvalue weighted by atomic mass is 32.2. The molecule has 4 rings (SSSR count). The Balaban J connectivity index is 1.62. The molecule has 0 saturated heterocycles. The Labute approximate surface area is 176 Å². The van der Waals surface area contributed by atoms with E-state index in [0.29, 0.717) is 22.5 Å². The summed E-state index contributed by atoms with van der Waals surface area (Å²) >= 11 is 1.54. The third-order valence-electron chi connectivity index (χ3n) is 4.31. The monoisotopic (exact) mass is 425 g/mol. The van der Waals surface area contributed by atoms with Gasteiger partial charge in [-0.05, 0) is 30.7 Å². The maximum atomic E-state index is 10.8. The van der Waals surface area contributed by atoms with E-state index in [2.05, 4.69) is 27.4 Å². The van der Waals surface area contributed by atoms with Crippen LogP contribution in [-0.2, 0) is 0 Å². The van der Waals surface area contributed by atoms with Gasteiger partial charge in [0.2, 0.25) is 11.0 Å². The molecule has 30 heavy (non-hydrogen) atoms. The Bertz CT molecular complexity index is 1080. The Morgan fingerprint density at radius 1 is 1.27 bits per heavy atom. The van der Waals surface area contributed by atoms with E-state index in [-0.39, 0.29) is 5.88 Å². The van der Waals surface area contributed by atoms with E-state index < -0.39 is 11.2 Å². The maximum Gasteiger partial charge on any atom is 0.433 e. The van der Waals surface area contributed by atoms with Gasteiger partial charge in [0, 0.05) is 17.0 Å². The molecule has 0 spiro atoms. The fourth-order valence-electron chi connectivity index (χ4n) is 2.84. The van der Waals surface area contributed by atoms with E-state index in [1.807, 2.05) is 24.3 Å². The molecular weight excluding hydrogens is 406 g/mol. The Hall–Kier alpha value is -3.40. The number of ether oxygens (including phenoxy) is 1. The molecule has 0 radical (unpaired) electrons. The standard InChI is InChI=1S/C20H19N5O4S/c1-2-3-12-30-20-22-19-18(23-24-20)14-6-4-5-7-15(14)21-16(29-19)10-8-13-9-11-17(28-13)25(26)27/h4-11,16,21H,2-3,12H2,1H3/b10-8+/t16-/m0/s1. The molecule has 2 aromatic heterocycles. The lowest BCUT2D eigenvalue weighted by atomic mass is 10.1. The number of fused-ring (bicyclic) bond motifs is 3. The molecule has 1 aliphatic heterocycles. The van der Waals surface area contributed by atoms with Crippen LogP contribution in [0.25, 0.3) is 17.3 Å². The quantitative estimate of drug-likeness (QED) is 0.247. The van der Waals surface area contributed by atoms with E-state index in [1.54, 1.807) is 23.9 Å². The van der Waals surface area contributed by atoms with Crippen LogP contribution in [0.4, 0.5) is 11.6 Å². The third-order valence-corrected chi connectivity index (χ3v) is 5.23. The number of furan rings is 1. The van der Waals surface area contributed by atoms with Gasteiger partial charge in [0.25, 0.3) is 0 Å². The van der Waals surface area contributed by atoms with Crippen molar-refractivity contribution in [3.63, 3.8) is 0 Å². The van der Waals surface area contributed by atoms with Crippen molar-refractivity contribution in [3.05, 3.63) is 58.3 Å². The number of aromatic nitrogens is 3. The summed E-state index contributed by atoms with van der Waals surface area (Å²) in [6.07, 6.45) is 4.90. The van der Waals surface area contributed by atoms with Crippen LogP contribution >= 0.6 is 11.8 Å². The van der Waals surface area contributed by atoms with Crippen molar-refractivity contribution in [1.82, 2.24) is 15.2 Å². The van der Waals surface area contributed by atoms with Crippen molar-refractivity contribution in [2.45, 2.75) is 31.1 Å². The largest absolute Gasteiger partial charge is 0.448 e. The fourth-order valence-corrected chi connectivity index (χ4v) is 3.70. The lowest BCUT2D eigenvalue weighted by Crippen LogP contribution is -2.23. The summed E-state index contributed by atoms with van der Waals surface area (Å²) in [6, 6.07) is 10.5. The number of nitrogens with zero attached hydrogens (tertiary/aromatic N) is 4. The number of benzene rings is 1. The summed E-state index contributed by atoms with van der Waals surface area (Å²) in [4.78, 5) is 14.8. The molecule has 0 fully saturated rings. The molecule has 154 valence electrons. The molecule has 3 aromatic rings. The second kappa shape index (κ2) is 8.95. The van der Waals surface area contributed by atoms with Crippen LogP contribution in [-0.4, -0.2) is 32.1 Å². The number of rotatable bonds is 7. The predicted octanol–water partition coefficient (Wildman–Crippen LogP) is 4.78. The first-order valence-electron chi connectivity index (χ1n) is 9.46. The van der Waals surface area contributed by atoms with Crippen LogP contribution in [0.15, 0.2) is 52.0 Å². The maximum absolute atomic E-state index is 10.8. The van der Waals surface area contributed by atoms with Gasteiger partial charge in [-0.25, -0.2) is 0 Å². The summed E-state index contributed by atoms with van der Waals surface area (Å²) in [5, 5.41) is 23.2. The van der Waals surface area contributed by atoms with E-state index >= 15 is 0 Å². The normalized spacial score (nSPS) is 15.0. The van der Waals surface area contributed by atoms with Gasteiger partial charge in [-0.2, -0.15) is 4.98 Å². The summed E-state index contributed by atoms with van der Waals surface area (Å²) in [5.41, 5.74) is 2.21. The molecule has 1 N–H and O–H groups in total. The lowest BCUT2D eigenvalue weighted by Gasteiger charge is -2.15. The highest BCUT2D eigenvalue weighted by Gasteiger charge is 2.23. The molecule has 1 atom stereocenters. The van der Waals surface area contributed by atoms with Crippen LogP contribution in [0.5, 0.6) is 5.88 Å². The number of anilines is 1. The molecule has 1 aromatic carbocycles. The van der Waals surface area contributed by atoms with Gasteiger partial charge >= 0.3 is 5.88 Å². The Morgan fingerprint density at radius 3 is 2.93 bits per heavy atom. The first-order valence-corrected chi connectivity index (χ1v) is 10.4. The number of unbranched alkanes of at least 4 members (excludes halogenated alkanes) is 1. The highest BCUT2D eigenvalue weighted by Crippen LogP contribution is 2.36. The van der Waals surface area contributed by atoms with Crippen LogP contribution in [0.1, 0.15) is 25.5 Å². The summed E-state index contributed by atoms with van der Waals surface area (Å²) in [6.45, 7) is 2.13. The minimum absolute atomic E-state index is 0.314. The minimum atomic E-state index is -0.582. The van der Waals surface area contributed by atoms with E-state index in [9.17, 15) is 10.1 Å². The molecule has 1 aliphatic rings. The van der Waals surface area contributed by atoms with E-state index in [0.717, 1.165) is 29.8 Å². The molecule has 0 saturated carbocycles. The van der Waals surface area contributed by atoms with Gasteiger partial charge in [0.05, 0.1) is 6.07 Å². The van der Waals surface area contributed by atoms with E-state index in [1.165, 1.54) is 12.1 Å². The molecule has 0 aliphatic carbocycles. The third kappa shape index (κ3) is 4.43. The fraction of sp³-hybridized carbons (Fsp3) is 0.250. The average molecular weight is 425 g/mol. The smallest absolute Gasteiger partial charge is 0.433 e. The molecule has 3 heterocycles. The van der Waals surface area contributed by atoms with Crippen molar-refractivity contribution in [2.24, 2.45) is 0 Å². The van der Waals surface area contributed by atoms with Gasteiger partial charge in [0.15, 0.2) is 11.9 Å². The summed E-state index contributed by atoms with van der Waals surface area (Å²) in [7, 11) is 0. The molecule has 0 unspecified atom stereocenters. The van der Waals surface area contributed by atoms with Gasteiger partial charge in [-0.1, -0.05) is 43.3 Å². The number of para-hydroxylation sites is 1. The van der Waals surface area contributed by atoms with Crippen LogP contribution in [0.3, 0.4) is 0 Å². The molecule has 9 nitrogen and oxygen atoms in total. The van der Waals surface area contributed by atoms with Crippen molar-refractivity contribution < 1.29 is 14.1 Å². The second-order valence-electron chi connectivity index (χ2n) is 6.47. The summed E-state index contributed by atoms with van der Waals surface area (Å²) < 4.78 is 11.2. The average Bonchev–Trinajstić information content (AvgIpc) is 3.16. The number of hydrogen-bond donors (Lipinski definition) is 1. The van der Waals surface area contributed by atoms with Crippen LogP contribution < -0.4 is 10.1 Å². The molecule has 0 amide bonds. The van der Waals surface area contributed by atoms with E-state index in [4.69, 9.17) is 9.15 Å². The van der Waals surface area contributed by atoms with Crippen molar-refractivity contribution in [1.29, 1.82) is 0 Å². The zero-order valence-electron chi connectivity index (χ0n) is 16.1. The molecule has 0 bridgehead atoms. The van der Waals surface area contributed by atoms with Gasteiger partial charge < -0.3 is 14.5 Å². The zero-order chi connectivity index (χ0) is 20.9. The van der Waals surface area contributed by atoms with Gasteiger partial charge in [-0.3, -0.25) is 10.1 Å². The van der Waals surface area contributed by atoms with Crippen molar-refractivity contribution >= 4 is 29.4 Å². The SMILES string of the molecule is CCCCSc1nnc2c(n1)O[C@@H](/C=C/c1ccc([N+](=O)[O-])o1)Nc1ccccc1-2. The first-order chi connectivity index (χ1) is 14.6. The number of nitrogens with one attached hydrogen (secondary N) is 1. The molecule has 10 heteroatoms. The first kappa shape index (κ1) is 19.9. The summed E-state index contributed by atoms with van der Waals surface area (Å²) in [5.74, 6) is 1.32. The van der Waals surface area contributed by atoms with Gasteiger partial charge in [0.1, 0.15) is 10.7 Å². The van der Waals surface area contributed by atoms with Crippen LogP contribution in [0.2, 0.25) is 0 Å². The predicted molar refractivity (Wildman–Crippen MR) is 113 cm³/mol. The second-order valence-corrected chi connectivity index (χ2v) is 7.53.